The molecule has 15 heavy (non-hydrogen) atoms. The van der Waals surface area contributed by atoms with Crippen molar-refractivity contribution in [3.05, 3.63) is 0 Å². The maximum absolute atomic E-state index is 11.0. The van der Waals surface area contributed by atoms with Gasteiger partial charge in [0.05, 0.1) is 0 Å². The van der Waals surface area contributed by atoms with E-state index in [1.54, 1.807) is 7.05 Å². The number of hydrogen-bond donors (Lipinski definition) is 4. The highest BCUT2D eigenvalue weighted by Gasteiger charge is 1.99. The summed E-state index contributed by atoms with van der Waals surface area (Å²) in [6.45, 7) is 1.08. The minimum absolute atomic E-state index is 0.00393. The van der Waals surface area contributed by atoms with E-state index in [0.29, 0.717) is 13.1 Å². The normalized spacial score (nSPS) is 9.67. The Hall–Kier alpha value is -1.34. The zero-order valence-electron chi connectivity index (χ0n) is 8.84. The van der Waals surface area contributed by atoms with Crippen LogP contribution in [0.5, 0.6) is 0 Å². The fraction of sp³-hybridized carbons (Fsp3) is 0.750. The van der Waals surface area contributed by atoms with Gasteiger partial charge in [0.1, 0.15) is 6.61 Å². The summed E-state index contributed by atoms with van der Waals surface area (Å²) >= 11 is 0. The van der Waals surface area contributed by atoms with E-state index < -0.39 is 6.03 Å². The molecule has 0 aliphatic rings. The Morgan fingerprint density at radius 2 is 1.80 bits per heavy atom. The van der Waals surface area contributed by atoms with Crippen molar-refractivity contribution < 1.29 is 14.4 Å². The van der Waals surface area contributed by atoms with E-state index >= 15 is 0 Å². The second kappa shape index (κ2) is 9.22. The van der Waals surface area contributed by atoms with Crippen LogP contribution in [-0.2, 0) is 9.63 Å². The van der Waals surface area contributed by atoms with Gasteiger partial charge in [-0.1, -0.05) is 0 Å². The van der Waals surface area contributed by atoms with Gasteiger partial charge in [-0.25, -0.2) is 10.3 Å². The van der Waals surface area contributed by atoms with Gasteiger partial charge in [0.15, 0.2) is 0 Å². The van der Waals surface area contributed by atoms with Crippen LogP contribution in [0.1, 0.15) is 12.8 Å². The topological polar surface area (TPSA) is 105 Å². The summed E-state index contributed by atoms with van der Waals surface area (Å²) in [6.07, 6.45) is 1.56. The quantitative estimate of drug-likeness (QED) is 0.300. The van der Waals surface area contributed by atoms with E-state index in [1.807, 2.05) is 0 Å². The van der Waals surface area contributed by atoms with Gasteiger partial charge in [-0.15, -0.1) is 0 Å². The van der Waals surface area contributed by atoms with E-state index in [0.717, 1.165) is 12.8 Å². The average molecular weight is 218 g/mol. The number of amides is 3. The molecule has 0 atom stereocenters. The number of primary amides is 1. The molecule has 0 bridgehead atoms. The lowest BCUT2D eigenvalue weighted by Crippen LogP contribution is -2.32. The summed E-state index contributed by atoms with van der Waals surface area (Å²) in [7, 11) is 1.59. The lowest BCUT2D eigenvalue weighted by Gasteiger charge is -2.05. The third-order valence-corrected chi connectivity index (χ3v) is 1.57. The number of unbranched alkanes of at least 4 members (excludes halogenated alkanes) is 1. The van der Waals surface area contributed by atoms with Gasteiger partial charge in [-0.2, -0.15) is 0 Å². The predicted molar refractivity (Wildman–Crippen MR) is 54.8 cm³/mol. The predicted octanol–water partition coefficient (Wildman–Crippen LogP) is -1.30. The van der Waals surface area contributed by atoms with Crippen LogP contribution < -0.4 is 21.8 Å². The van der Waals surface area contributed by atoms with Crippen molar-refractivity contribution in [3.8, 4) is 0 Å². The highest BCUT2D eigenvalue weighted by atomic mass is 16.6. The Morgan fingerprint density at radius 3 is 2.33 bits per heavy atom. The molecule has 5 N–H and O–H groups in total. The van der Waals surface area contributed by atoms with Gasteiger partial charge in [0, 0.05) is 20.1 Å². The fourth-order valence-corrected chi connectivity index (χ4v) is 0.878. The SMILES string of the molecule is CNOCC(=O)NCCCCNC(N)=O. The van der Waals surface area contributed by atoms with Crippen molar-refractivity contribution in [1.82, 2.24) is 16.1 Å². The van der Waals surface area contributed by atoms with Gasteiger partial charge in [-0.05, 0) is 12.8 Å². The molecule has 7 nitrogen and oxygen atoms in total. The Balaban J connectivity index is 3.16. The van der Waals surface area contributed by atoms with Crippen LogP contribution in [0.4, 0.5) is 4.79 Å². The molecule has 0 aliphatic carbocycles. The Bertz CT molecular complexity index is 198. The highest BCUT2D eigenvalue weighted by Crippen LogP contribution is 1.84. The van der Waals surface area contributed by atoms with Crippen molar-refractivity contribution in [2.24, 2.45) is 5.73 Å². The van der Waals surface area contributed by atoms with Crippen LogP contribution >= 0.6 is 0 Å². The van der Waals surface area contributed by atoms with Crippen LogP contribution in [0.15, 0.2) is 0 Å². The first kappa shape index (κ1) is 13.7. The molecule has 0 aromatic carbocycles. The van der Waals surface area contributed by atoms with Crippen molar-refractivity contribution in [2.75, 3.05) is 26.7 Å². The average Bonchev–Trinajstić information content (AvgIpc) is 2.19. The summed E-state index contributed by atoms with van der Waals surface area (Å²) in [5.41, 5.74) is 7.27. The number of carbonyl (C=O) groups is 2. The summed E-state index contributed by atoms with van der Waals surface area (Å²) in [5.74, 6) is -0.174. The molecule has 0 spiro atoms. The highest BCUT2D eigenvalue weighted by molar-refractivity contribution is 5.77. The third-order valence-electron chi connectivity index (χ3n) is 1.57. The van der Waals surface area contributed by atoms with E-state index in [1.165, 1.54) is 0 Å². The third kappa shape index (κ3) is 10.6. The van der Waals surface area contributed by atoms with Crippen LogP contribution in [-0.4, -0.2) is 38.7 Å². The van der Waals surface area contributed by atoms with E-state index in [-0.39, 0.29) is 12.5 Å². The van der Waals surface area contributed by atoms with Crippen molar-refractivity contribution >= 4 is 11.9 Å². The van der Waals surface area contributed by atoms with Gasteiger partial charge >= 0.3 is 6.03 Å². The zero-order valence-corrected chi connectivity index (χ0v) is 8.84. The number of nitrogens with one attached hydrogen (secondary N) is 3. The second-order valence-corrected chi connectivity index (χ2v) is 2.84. The molecule has 7 heteroatoms. The maximum Gasteiger partial charge on any atom is 0.312 e. The number of hydroxylamine groups is 1. The van der Waals surface area contributed by atoms with E-state index in [9.17, 15) is 9.59 Å². The lowest BCUT2D eigenvalue weighted by atomic mass is 10.3. The summed E-state index contributed by atoms with van der Waals surface area (Å²) in [5, 5.41) is 5.12. The molecule has 0 radical (unpaired) electrons. The minimum atomic E-state index is -0.526. The maximum atomic E-state index is 11.0. The largest absolute Gasteiger partial charge is 0.354 e. The number of nitrogens with two attached hydrogens (primary N) is 1. The smallest absolute Gasteiger partial charge is 0.312 e. The van der Waals surface area contributed by atoms with Crippen molar-refractivity contribution in [3.63, 3.8) is 0 Å². The number of rotatable bonds is 8. The van der Waals surface area contributed by atoms with Gasteiger partial charge in [0.25, 0.3) is 0 Å². The number of urea groups is 1. The van der Waals surface area contributed by atoms with Crippen LogP contribution in [0.3, 0.4) is 0 Å². The monoisotopic (exact) mass is 218 g/mol. The van der Waals surface area contributed by atoms with Gasteiger partial charge in [-0.3, -0.25) is 9.63 Å². The second-order valence-electron chi connectivity index (χ2n) is 2.84. The van der Waals surface area contributed by atoms with E-state index in [4.69, 9.17) is 5.73 Å². The molecular weight excluding hydrogens is 200 g/mol. The minimum Gasteiger partial charge on any atom is -0.354 e. The molecule has 0 saturated carbocycles. The lowest BCUT2D eigenvalue weighted by molar-refractivity contribution is -0.127. The molecule has 0 aromatic heterocycles. The molecule has 0 fully saturated rings. The van der Waals surface area contributed by atoms with Gasteiger partial charge < -0.3 is 16.4 Å². The van der Waals surface area contributed by atoms with Crippen molar-refractivity contribution in [2.45, 2.75) is 12.8 Å². The summed E-state index contributed by atoms with van der Waals surface area (Å²) in [4.78, 5) is 25.9. The molecule has 0 rings (SSSR count). The van der Waals surface area contributed by atoms with E-state index in [2.05, 4.69) is 21.0 Å². The molecule has 3 amide bonds. The first-order chi connectivity index (χ1) is 7.16. The van der Waals surface area contributed by atoms with Crippen LogP contribution in [0.2, 0.25) is 0 Å². The summed E-state index contributed by atoms with van der Waals surface area (Å²) < 4.78 is 0. The van der Waals surface area contributed by atoms with Gasteiger partial charge in [0.2, 0.25) is 5.91 Å². The molecule has 0 saturated heterocycles. The Labute approximate surface area is 88.7 Å². The molecule has 0 unspecified atom stereocenters. The Morgan fingerprint density at radius 1 is 1.20 bits per heavy atom. The molecule has 88 valence electrons. The molecule has 0 heterocycles. The van der Waals surface area contributed by atoms with Crippen LogP contribution in [0.25, 0.3) is 0 Å². The first-order valence-corrected chi connectivity index (χ1v) is 4.75. The first-order valence-electron chi connectivity index (χ1n) is 4.75. The standard InChI is InChI=1S/C8H18N4O3/c1-10-15-6-7(13)11-4-2-3-5-12-8(9)14/h10H,2-6H2,1H3,(H,11,13)(H3,9,12,14). The van der Waals surface area contributed by atoms with Crippen molar-refractivity contribution in [1.29, 1.82) is 0 Å². The summed E-state index contributed by atoms with van der Waals surface area (Å²) in [6, 6.07) is -0.526. The molecule has 0 aromatic rings. The number of carbonyl (C=O) groups excluding carboxylic acids is 2. The molecular formula is C8H18N4O3. The fourth-order valence-electron chi connectivity index (χ4n) is 0.878. The number of hydrogen-bond acceptors (Lipinski definition) is 4. The molecule has 0 aliphatic heterocycles. The Kier molecular flexibility index (Phi) is 8.40. The van der Waals surface area contributed by atoms with Crippen LogP contribution in [0, 0.1) is 0 Å². The zero-order chi connectivity index (χ0) is 11.5.